The van der Waals surface area contributed by atoms with E-state index in [1.54, 1.807) is 70.2 Å². The molecule has 26 nitrogen and oxygen atoms in total. The summed E-state index contributed by atoms with van der Waals surface area (Å²) in [4.78, 5) is 91.4. The van der Waals surface area contributed by atoms with Crippen molar-refractivity contribution in [2.75, 3.05) is 107 Å². The Labute approximate surface area is 584 Å². The number of piperazine rings is 3. The van der Waals surface area contributed by atoms with Gasteiger partial charge in [0.1, 0.15) is 49.2 Å². The van der Waals surface area contributed by atoms with Gasteiger partial charge >= 0.3 is 0 Å². The van der Waals surface area contributed by atoms with Crippen molar-refractivity contribution < 1.29 is 28.2 Å². The van der Waals surface area contributed by atoms with Gasteiger partial charge in [-0.05, 0) is 37.1 Å². The largest absolute Gasteiger partial charge is 0.497 e. The minimum Gasteiger partial charge on any atom is -0.497 e. The van der Waals surface area contributed by atoms with Crippen molar-refractivity contribution in [2.45, 2.75) is 57.7 Å². The molecule has 0 atom stereocenters. The molecule has 4 aliphatic rings. The van der Waals surface area contributed by atoms with Crippen molar-refractivity contribution in [3.8, 4) is 68.6 Å². The highest BCUT2D eigenvalue weighted by Crippen LogP contribution is 2.34. The fourth-order valence-corrected chi connectivity index (χ4v) is 12.7. The third-order valence-corrected chi connectivity index (χ3v) is 18.1. The highest BCUT2D eigenvalue weighted by atomic mass is 19.1. The lowest BCUT2D eigenvalue weighted by Gasteiger charge is -2.35. The van der Waals surface area contributed by atoms with Gasteiger partial charge in [-0.2, -0.15) is 5.10 Å². The van der Waals surface area contributed by atoms with Crippen LogP contribution >= 0.6 is 0 Å². The maximum absolute atomic E-state index is 14.8. The van der Waals surface area contributed by atoms with Crippen LogP contribution in [0.3, 0.4) is 0 Å². The Balaban J connectivity index is 0.000000136. The predicted octanol–water partition coefficient (Wildman–Crippen LogP) is 8.79. The van der Waals surface area contributed by atoms with Crippen LogP contribution < -0.4 is 24.2 Å². The van der Waals surface area contributed by atoms with Crippen LogP contribution in [0.15, 0.2) is 189 Å². The Morgan fingerprint density at radius 1 is 0.426 bits per heavy atom. The molecule has 0 radical (unpaired) electrons. The number of hydrogen-bond acceptors (Lipinski definition) is 20. The van der Waals surface area contributed by atoms with Gasteiger partial charge < -0.3 is 38.9 Å². The Morgan fingerprint density at radius 3 is 1.29 bits per heavy atom. The summed E-state index contributed by atoms with van der Waals surface area (Å²) in [5, 5.41) is 14.0. The molecule has 6 aromatic heterocycles. The number of carbonyl (C=O) groups excluding carboxylic acids is 3. The molecule has 3 aliphatic heterocycles. The summed E-state index contributed by atoms with van der Waals surface area (Å²) in [6.45, 7) is 8.12. The minimum atomic E-state index is -0.442. The van der Waals surface area contributed by atoms with Gasteiger partial charge in [-0.15, -0.1) is 10.2 Å². The second-order valence-corrected chi connectivity index (χ2v) is 24.5. The molecule has 9 heterocycles. The third-order valence-electron chi connectivity index (χ3n) is 18.1. The predicted molar refractivity (Wildman–Crippen MR) is 379 cm³/mol. The van der Waals surface area contributed by atoms with Crippen molar-refractivity contribution in [1.29, 1.82) is 0 Å². The molecule has 101 heavy (non-hydrogen) atoms. The van der Waals surface area contributed by atoms with Crippen molar-refractivity contribution in [3.05, 3.63) is 200 Å². The van der Waals surface area contributed by atoms with Crippen LogP contribution in [0.1, 0.15) is 43.8 Å². The number of anilines is 3. The lowest BCUT2D eigenvalue weighted by molar-refractivity contribution is -0.133. The van der Waals surface area contributed by atoms with Crippen molar-refractivity contribution in [3.63, 3.8) is 0 Å². The summed E-state index contributed by atoms with van der Waals surface area (Å²) in [5.41, 5.74) is 4.01. The number of rotatable bonds is 17. The molecule has 3 saturated heterocycles. The van der Waals surface area contributed by atoms with Crippen LogP contribution in [0.5, 0.6) is 11.6 Å². The Kier molecular flexibility index (Phi) is 21.9. The molecule has 0 N–H and O–H groups in total. The number of ether oxygens (including phenoxy) is 2. The summed E-state index contributed by atoms with van der Waals surface area (Å²) in [6, 6.07) is 49.4. The maximum Gasteiger partial charge on any atom is 0.244 e. The molecule has 11 aromatic rings. The zero-order chi connectivity index (χ0) is 69.3. The summed E-state index contributed by atoms with van der Waals surface area (Å²) >= 11 is 0. The van der Waals surface area contributed by atoms with Gasteiger partial charge in [-0.1, -0.05) is 141 Å². The number of aromatic nitrogens is 15. The summed E-state index contributed by atoms with van der Waals surface area (Å²) in [6.07, 6.45) is 13.9. The van der Waals surface area contributed by atoms with Crippen molar-refractivity contribution in [1.82, 2.24) is 88.9 Å². The Bertz CT molecular complexity index is 4490. The molecular formula is C74H78FN21O5. The molecule has 15 rings (SSSR count). The fraction of sp³-hybridized carbons (Fsp3) is 0.311. The van der Waals surface area contributed by atoms with Crippen molar-refractivity contribution in [2.24, 2.45) is 0 Å². The van der Waals surface area contributed by atoms with Crippen LogP contribution in [-0.2, 0) is 34.0 Å². The molecule has 0 bridgehead atoms. The highest BCUT2D eigenvalue weighted by Gasteiger charge is 2.30. The summed E-state index contributed by atoms with van der Waals surface area (Å²) in [7, 11) is 3.08. The van der Waals surface area contributed by atoms with E-state index in [1.165, 1.54) is 25.9 Å². The SMILES string of the molecule is COc1cc(N2CCN(C(=O)Cn3nc(-c4ccccc4)nc3-c3ccccc3)CC2)ncn1.COc1ccc(-c2nc(C3CCCCC3)n(CC(=O)N3CCN(c4ncccn4)CC3)n2)c(F)c1.O=C(Cn1nc(-c2ccccc2)nc1-c1ccccc1)N1CCN(c2ncccn2)CC1. The van der Waals surface area contributed by atoms with Gasteiger partial charge in [0, 0.05) is 144 Å². The van der Waals surface area contributed by atoms with E-state index in [9.17, 15) is 18.8 Å². The standard InChI is InChI=1S/C25H30FN7O2.C25H25N7O2.C24H23N7O/c1-35-19-8-9-20(21(26)16-19)23-29-24(18-6-3-2-4-7-18)33(30-23)17-22(34)31-12-14-32(15-13-31)25-27-10-5-11-28-25;1-34-22-16-21(26-18-27-22)30-12-14-31(15-13-30)23(33)17-32-25(20-10-6-3-7-11-20)28-24(29-32)19-8-4-2-5-9-19;32-21(29-14-16-30(17-15-29)24-25-12-7-13-26-24)18-31-23(20-10-5-2-6-11-20)27-22(28-31)19-8-3-1-4-9-19/h5,8-11,16,18H,2-4,6-7,12-15,17H2,1H3;2-11,16,18H,12-15,17H2,1H3;1-13H,14-18H2. The number of methoxy groups -OCH3 is 2. The molecule has 27 heteroatoms. The highest BCUT2D eigenvalue weighted by molar-refractivity contribution is 5.79. The van der Waals surface area contributed by atoms with Crippen LogP contribution in [0.4, 0.5) is 22.1 Å². The molecule has 5 aromatic carbocycles. The van der Waals surface area contributed by atoms with Crippen LogP contribution in [-0.4, -0.2) is 199 Å². The molecule has 4 fully saturated rings. The number of hydrogen-bond donors (Lipinski definition) is 0. The molecule has 1 aliphatic carbocycles. The van der Waals surface area contributed by atoms with E-state index in [4.69, 9.17) is 29.5 Å². The lowest BCUT2D eigenvalue weighted by Crippen LogP contribution is -2.50. The molecule has 0 spiro atoms. The van der Waals surface area contributed by atoms with Crippen LogP contribution in [0, 0.1) is 5.82 Å². The lowest BCUT2D eigenvalue weighted by atomic mass is 9.88. The summed E-state index contributed by atoms with van der Waals surface area (Å²) < 4.78 is 30.2. The summed E-state index contributed by atoms with van der Waals surface area (Å²) in [5.74, 6) is 6.64. The first-order valence-electron chi connectivity index (χ1n) is 34.0. The second-order valence-electron chi connectivity index (χ2n) is 24.5. The van der Waals surface area contributed by atoms with Crippen LogP contribution in [0.2, 0.25) is 0 Å². The third kappa shape index (κ3) is 16.8. The first kappa shape index (κ1) is 67.7. The normalized spacial score (nSPS) is 14.9. The first-order chi connectivity index (χ1) is 49.6. The molecule has 3 amide bonds. The molecule has 516 valence electrons. The number of carbonyl (C=O) groups is 3. The Hall–Kier alpha value is -11.9. The minimum absolute atomic E-state index is 0.0117. The quantitative estimate of drug-likeness (QED) is 0.0824. The number of nitrogens with zero attached hydrogens (tertiary/aromatic N) is 21. The van der Waals surface area contributed by atoms with Crippen LogP contribution in [0.25, 0.3) is 56.9 Å². The number of halogens is 1. The zero-order valence-electron chi connectivity index (χ0n) is 56.4. The molecule has 1 saturated carbocycles. The van der Waals surface area contributed by atoms with Gasteiger partial charge in [0.2, 0.25) is 35.5 Å². The maximum atomic E-state index is 14.8. The van der Waals surface area contributed by atoms with E-state index >= 15 is 0 Å². The average molecular weight is 1360 g/mol. The molecule has 0 unspecified atom stereocenters. The van der Waals surface area contributed by atoms with E-state index in [2.05, 4.69) is 54.8 Å². The van der Waals surface area contributed by atoms with Gasteiger partial charge in [0.25, 0.3) is 0 Å². The number of benzene rings is 5. The Morgan fingerprint density at radius 2 is 0.851 bits per heavy atom. The van der Waals surface area contributed by atoms with Gasteiger partial charge in [-0.3, -0.25) is 14.4 Å². The van der Waals surface area contributed by atoms with E-state index in [0.717, 1.165) is 59.6 Å². The second kappa shape index (κ2) is 32.6. The van der Waals surface area contributed by atoms with E-state index in [1.807, 2.05) is 142 Å². The smallest absolute Gasteiger partial charge is 0.244 e. The van der Waals surface area contributed by atoms with E-state index < -0.39 is 5.82 Å². The van der Waals surface area contributed by atoms with Gasteiger partial charge in [0.05, 0.1) is 19.8 Å². The van der Waals surface area contributed by atoms with Crippen molar-refractivity contribution >= 4 is 35.4 Å². The van der Waals surface area contributed by atoms with E-state index in [0.29, 0.717) is 137 Å². The fourth-order valence-electron chi connectivity index (χ4n) is 12.7. The van der Waals surface area contributed by atoms with E-state index in [-0.39, 0.29) is 43.3 Å². The molecular weight excluding hydrogens is 1280 g/mol. The average Bonchev–Trinajstić information content (AvgIpc) is 1.69. The monoisotopic (exact) mass is 1360 g/mol. The topological polar surface area (TPSA) is 259 Å². The first-order valence-corrected chi connectivity index (χ1v) is 34.0. The van der Waals surface area contributed by atoms with Gasteiger partial charge in [0.15, 0.2) is 29.1 Å². The number of amides is 3. The zero-order valence-corrected chi connectivity index (χ0v) is 56.4. The van der Waals surface area contributed by atoms with Gasteiger partial charge in [-0.25, -0.2) is 63.3 Å².